The lowest BCUT2D eigenvalue weighted by atomic mass is 10.2. The average molecular weight is 580 g/mol. The van der Waals surface area contributed by atoms with E-state index in [1.807, 2.05) is 0 Å². The molecule has 0 aliphatic carbocycles. The summed E-state index contributed by atoms with van der Waals surface area (Å²) in [4.78, 5) is 55.3. The quantitative estimate of drug-likeness (QED) is 0.346. The van der Waals surface area contributed by atoms with Gasteiger partial charge in [0.2, 0.25) is 5.91 Å². The minimum absolute atomic E-state index is 0.0508. The van der Waals surface area contributed by atoms with E-state index in [0.29, 0.717) is 41.7 Å². The van der Waals surface area contributed by atoms with E-state index in [9.17, 15) is 23.6 Å². The standard InChI is InChI=1S/C27H34FN3O6S2/c1-5-36-25(34)22-11-10-21(39-22)24(33)31-14-12-30(13-15-31)23(32)16-19(29-26(35)37-27(2,3)4)17-38-20-8-6-18(28)7-9-20/h6-11,19H,5,12-17H2,1-4H3,(H,29,35)/t19-/m0/s1. The lowest BCUT2D eigenvalue weighted by Gasteiger charge is -2.35. The molecule has 3 rings (SSSR count). The summed E-state index contributed by atoms with van der Waals surface area (Å²) >= 11 is 2.49. The van der Waals surface area contributed by atoms with Crippen molar-refractivity contribution in [2.24, 2.45) is 0 Å². The zero-order valence-electron chi connectivity index (χ0n) is 22.5. The highest BCUT2D eigenvalue weighted by Crippen LogP contribution is 2.22. The number of piperazine rings is 1. The maximum absolute atomic E-state index is 13.3. The molecular formula is C27H34FN3O6S2. The van der Waals surface area contributed by atoms with Gasteiger partial charge in [0, 0.05) is 43.2 Å². The molecule has 212 valence electrons. The molecule has 1 atom stereocenters. The molecule has 1 aromatic heterocycles. The van der Waals surface area contributed by atoms with Gasteiger partial charge in [0.15, 0.2) is 0 Å². The van der Waals surface area contributed by atoms with Crippen molar-refractivity contribution in [2.45, 2.75) is 50.7 Å². The second kappa shape index (κ2) is 13.8. The van der Waals surface area contributed by atoms with Crippen LogP contribution < -0.4 is 5.32 Å². The van der Waals surface area contributed by atoms with Gasteiger partial charge in [0.1, 0.15) is 16.3 Å². The van der Waals surface area contributed by atoms with E-state index in [1.165, 1.54) is 23.9 Å². The number of esters is 1. The van der Waals surface area contributed by atoms with Crippen LogP contribution >= 0.6 is 23.1 Å². The van der Waals surface area contributed by atoms with Gasteiger partial charge >= 0.3 is 12.1 Å². The second-order valence-electron chi connectivity index (χ2n) is 9.87. The molecule has 1 saturated heterocycles. The number of carbonyl (C=O) groups is 4. The first-order chi connectivity index (χ1) is 18.4. The molecule has 2 heterocycles. The minimum Gasteiger partial charge on any atom is -0.462 e. The third kappa shape index (κ3) is 9.54. The largest absolute Gasteiger partial charge is 0.462 e. The number of hydrogen-bond donors (Lipinski definition) is 1. The molecule has 1 aliphatic heterocycles. The van der Waals surface area contributed by atoms with Gasteiger partial charge in [-0.1, -0.05) is 0 Å². The predicted octanol–water partition coefficient (Wildman–Crippen LogP) is 4.42. The number of benzene rings is 1. The summed E-state index contributed by atoms with van der Waals surface area (Å²) in [5, 5.41) is 2.79. The zero-order valence-corrected chi connectivity index (χ0v) is 24.2. The van der Waals surface area contributed by atoms with E-state index in [2.05, 4.69) is 5.32 Å². The van der Waals surface area contributed by atoms with Crippen LogP contribution in [-0.2, 0) is 14.3 Å². The Morgan fingerprint density at radius 3 is 2.23 bits per heavy atom. The summed E-state index contributed by atoms with van der Waals surface area (Å²) in [6, 6.07) is 8.68. The highest BCUT2D eigenvalue weighted by molar-refractivity contribution is 7.99. The predicted molar refractivity (Wildman–Crippen MR) is 148 cm³/mol. The van der Waals surface area contributed by atoms with Gasteiger partial charge < -0.3 is 24.6 Å². The SMILES string of the molecule is CCOC(=O)c1ccc(C(=O)N2CCN(C(=O)C[C@@H](CSc3ccc(F)cc3)NC(=O)OC(C)(C)C)CC2)s1. The number of carbonyl (C=O) groups excluding carboxylic acids is 4. The Labute approximate surface area is 236 Å². The van der Waals surface area contributed by atoms with Crippen LogP contribution in [0.2, 0.25) is 0 Å². The smallest absolute Gasteiger partial charge is 0.407 e. The van der Waals surface area contributed by atoms with E-state index in [1.54, 1.807) is 61.8 Å². The molecule has 2 aromatic rings. The Morgan fingerprint density at radius 2 is 1.62 bits per heavy atom. The van der Waals surface area contributed by atoms with E-state index >= 15 is 0 Å². The first-order valence-electron chi connectivity index (χ1n) is 12.7. The number of hydrogen-bond acceptors (Lipinski definition) is 8. The Morgan fingerprint density at radius 1 is 1.00 bits per heavy atom. The summed E-state index contributed by atoms with van der Waals surface area (Å²) in [5.74, 6) is -0.749. The van der Waals surface area contributed by atoms with Crippen molar-refractivity contribution in [3.63, 3.8) is 0 Å². The highest BCUT2D eigenvalue weighted by atomic mass is 32.2. The number of thiophene rings is 1. The number of halogens is 1. The topological polar surface area (TPSA) is 105 Å². The van der Waals surface area contributed by atoms with Crippen LogP contribution in [0.3, 0.4) is 0 Å². The Hall–Kier alpha value is -3.12. The normalized spacial score (nSPS) is 14.5. The van der Waals surface area contributed by atoms with E-state index in [0.717, 1.165) is 16.2 Å². The van der Waals surface area contributed by atoms with Crippen molar-refractivity contribution in [1.29, 1.82) is 0 Å². The fourth-order valence-corrected chi connectivity index (χ4v) is 5.56. The average Bonchev–Trinajstić information content (AvgIpc) is 3.37. The van der Waals surface area contributed by atoms with Crippen LogP contribution in [0.25, 0.3) is 0 Å². The highest BCUT2D eigenvalue weighted by Gasteiger charge is 2.29. The third-order valence-electron chi connectivity index (χ3n) is 5.62. The van der Waals surface area contributed by atoms with E-state index in [4.69, 9.17) is 9.47 Å². The number of amides is 3. The van der Waals surface area contributed by atoms with Gasteiger partial charge in [-0.25, -0.2) is 14.0 Å². The molecule has 0 unspecified atom stereocenters. The van der Waals surface area contributed by atoms with Crippen molar-refractivity contribution in [3.8, 4) is 0 Å². The first kappa shape index (κ1) is 30.4. The number of thioether (sulfide) groups is 1. The van der Waals surface area contributed by atoms with Crippen LogP contribution in [0, 0.1) is 5.82 Å². The first-order valence-corrected chi connectivity index (χ1v) is 14.5. The van der Waals surface area contributed by atoms with E-state index in [-0.39, 0.29) is 30.7 Å². The third-order valence-corrected chi connectivity index (χ3v) is 7.85. The van der Waals surface area contributed by atoms with Crippen LogP contribution in [0.5, 0.6) is 0 Å². The summed E-state index contributed by atoms with van der Waals surface area (Å²) in [6.07, 6.45) is -0.566. The van der Waals surface area contributed by atoms with Crippen LogP contribution in [0.15, 0.2) is 41.3 Å². The molecule has 1 aromatic carbocycles. The maximum atomic E-state index is 13.3. The molecule has 0 saturated carbocycles. The van der Waals surface area contributed by atoms with Crippen LogP contribution in [-0.4, -0.2) is 83.9 Å². The molecule has 9 nitrogen and oxygen atoms in total. The summed E-state index contributed by atoms with van der Waals surface area (Å²) in [6.45, 7) is 8.67. The molecule has 1 fully saturated rings. The molecule has 3 amide bonds. The zero-order chi connectivity index (χ0) is 28.6. The Kier molecular flexibility index (Phi) is 10.8. The van der Waals surface area contributed by atoms with Gasteiger partial charge in [0.25, 0.3) is 5.91 Å². The monoisotopic (exact) mass is 579 g/mol. The van der Waals surface area contributed by atoms with Crippen molar-refractivity contribution in [1.82, 2.24) is 15.1 Å². The molecule has 1 aliphatic rings. The fourth-order valence-electron chi connectivity index (χ4n) is 3.77. The molecule has 39 heavy (non-hydrogen) atoms. The van der Waals surface area contributed by atoms with Gasteiger partial charge in [-0.2, -0.15) is 0 Å². The number of alkyl carbamates (subject to hydrolysis) is 1. The maximum Gasteiger partial charge on any atom is 0.407 e. The molecular weight excluding hydrogens is 545 g/mol. The molecule has 1 N–H and O–H groups in total. The van der Waals surface area contributed by atoms with Gasteiger partial charge in [-0.3, -0.25) is 9.59 Å². The van der Waals surface area contributed by atoms with Crippen molar-refractivity contribution in [2.75, 3.05) is 38.5 Å². The van der Waals surface area contributed by atoms with Crippen molar-refractivity contribution >= 4 is 47.0 Å². The number of nitrogens with one attached hydrogen (secondary N) is 1. The summed E-state index contributed by atoms with van der Waals surface area (Å²) in [5.41, 5.74) is -0.689. The Bertz CT molecular complexity index is 1160. The molecule has 0 radical (unpaired) electrons. The minimum atomic E-state index is -0.689. The lowest BCUT2D eigenvalue weighted by molar-refractivity contribution is -0.133. The Balaban J connectivity index is 1.56. The van der Waals surface area contributed by atoms with Gasteiger partial charge in [-0.05, 0) is 64.1 Å². The lowest BCUT2D eigenvalue weighted by Crippen LogP contribution is -2.52. The summed E-state index contributed by atoms with van der Waals surface area (Å²) < 4.78 is 23.6. The van der Waals surface area contributed by atoms with Crippen LogP contribution in [0.1, 0.15) is 53.5 Å². The van der Waals surface area contributed by atoms with Crippen molar-refractivity contribution in [3.05, 3.63) is 52.0 Å². The summed E-state index contributed by atoms with van der Waals surface area (Å²) in [7, 11) is 0. The van der Waals surface area contributed by atoms with Crippen LogP contribution in [0.4, 0.5) is 9.18 Å². The molecule has 0 spiro atoms. The van der Waals surface area contributed by atoms with Gasteiger partial charge in [0.05, 0.1) is 17.5 Å². The number of nitrogens with zero attached hydrogens (tertiary/aromatic N) is 2. The number of rotatable bonds is 9. The molecule has 12 heteroatoms. The van der Waals surface area contributed by atoms with E-state index < -0.39 is 23.7 Å². The molecule has 0 bridgehead atoms. The van der Waals surface area contributed by atoms with Crippen molar-refractivity contribution < 1.29 is 33.0 Å². The van der Waals surface area contributed by atoms with Gasteiger partial charge in [-0.15, -0.1) is 23.1 Å². The number of ether oxygens (including phenoxy) is 2. The second-order valence-corrected chi connectivity index (χ2v) is 12.0. The fraction of sp³-hybridized carbons (Fsp3) is 0.481.